The van der Waals surface area contributed by atoms with Crippen molar-refractivity contribution in [1.82, 2.24) is 9.71 Å². The Hall–Kier alpha value is -3.47. The Kier molecular flexibility index (Phi) is 6.32. The summed E-state index contributed by atoms with van der Waals surface area (Å²) in [5.74, 6) is -1.20. The molecule has 1 amide bonds. The number of hydrogen-bond acceptors (Lipinski definition) is 7. The number of thiazole rings is 1. The molecule has 0 saturated carbocycles. The molecule has 0 aliphatic carbocycles. The van der Waals surface area contributed by atoms with Crippen LogP contribution in [0.3, 0.4) is 0 Å². The normalized spacial score (nSPS) is 12.5. The summed E-state index contributed by atoms with van der Waals surface area (Å²) in [6.07, 6.45) is 0.129. The van der Waals surface area contributed by atoms with Crippen LogP contribution in [0.1, 0.15) is 11.1 Å². The van der Waals surface area contributed by atoms with Crippen molar-refractivity contribution in [3.63, 3.8) is 0 Å². The predicted octanol–water partition coefficient (Wildman–Crippen LogP) is 3.54. The van der Waals surface area contributed by atoms with Crippen LogP contribution < -0.4 is 10.0 Å². The first-order chi connectivity index (χ1) is 15.7. The van der Waals surface area contributed by atoms with Crippen LogP contribution in [-0.4, -0.2) is 35.6 Å². The molecule has 3 aromatic carbocycles. The highest BCUT2D eigenvalue weighted by Crippen LogP contribution is 2.34. The van der Waals surface area contributed by atoms with Crippen LogP contribution in [0.25, 0.3) is 10.2 Å². The van der Waals surface area contributed by atoms with E-state index in [2.05, 4.69) is 15.0 Å². The maximum absolute atomic E-state index is 13.1. The number of phenols is 2. The summed E-state index contributed by atoms with van der Waals surface area (Å²) in [5.41, 5.74) is 2.09. The molecule has 0 radical (unpaired) electrons. The highest BCUT2D eigenvalue weighted by Gasteiger charge is 2.27. The molecule has 8 nitrogen and oxygen atoms in total. The van der Waals surface area contributed by atoms with E-state index in [4.69, 9.17) is 0 Å². The third-order valence-electron chi connectivity index (χ3n) is 4.94. The second-order valence-corrected chi connectivity index (χ2v) is 10.2. The van der Waals surface area contributed by atoms with E-state index < -0.39 is 22.0 Å². The Balaban J connectivity index is 1.61. The molecule has 4 rings (SSSR count). The van der Waals surface area contributed by atoms with Gasteiger partial charge < -0.3 is 15.5 Å². The van der Waals surface area contributed by atoms with Crippen LogP contribution in [0.5, 0.6) is 11.5 Å². The first-order valence-corrected chi connectivity index (χ1v) is 12.3. The van der Waals surface area contributed by atoms with Gasteiger partial charge >= 0.3 is 0 Å². The zero-order valence-corrected chi connectivity index (χ0v) is 19.2. The fraction of sp³-hybridized carbons (Fsp3) is 0.130. The molecule has 1 atom stereocenters. The van der Waals surface area contributed by atoms with Crippen LogP contribution in [0.4, 0.5) is 5.13 Å². The number of anilines is 1. The number of carbonyl (C=O) groups excluding carboxylic acids is 1. The van der Waals surface area contributed by atoms with Crippen LogP contribution in [0, 0.1) is 6.92 Å². The molecule has 0 saturated heterocycles. The molecule has 33 heavy (non-hydrogen) atoms. The summed E-state index contributed by atoms with van der Waals surface area (Å²) in [4.78, 5) is 17.4. The smallest absolute Gasteiger partial charge is 0.244 e. The van der Waals surface area contributed by atoms with Crippen molar-refractivity contribution in [1.29, 1.82) is 0 Å². The van der Waals surface area contributed by atoms with Gasteiger partial charge in [0.05, 0.1) is 15.1 Å². The van der Waals surface area contributed by atoms with E-state index in [-0.39, 0.29) is 27.9 Å². The number of sulfonamides is 1. The molecular formula is C23H21N3O5S2. The molecule has 10 heteroatoms. The van der Waals surface area contributed by atoms with E-state index in [0.29, 0.717) is 10.2 Å². The average Bonchev–Trinajstić information content (AvgIpc) is 3.15. The average molecular weight is 484 g/mol. The van der Waals surface area contributed by atoms with Crippen molar-refractivity contribution in [2.75, 3.05) is 5.32 Å². The van der Waals surface area contributed by atoms with E-state index in [1.165, 1.54) is 24.3 Å². The SMILES string of the molecule is Cc1ccc(S(=O)(=O)N[C@@H](Cc2ccccc2)C(=O)Nc2nc3cc(O)c(O)cc3s2)cc1. The Labute approximate surface area is 194 Å². The van der Waals surface area contributed by atoms with Gasteiger partial charge in [0, 0.05) is 12.1 Å². The lowest BCUT2D eigenvalue weighted by atomic mass is 10.1. The Morgan fingerprint density at radius 3 is 2.39 bits per heavy atom. The molecule has 0 aliphatic rings. The minimum atomic E-state index is -3.96. The van der Waals surface area contributed by atoms with E-state index in [1.807, 2.05) is 37.3 Å². The number of fused-ring (bicyclic) bond motifs is 1. The first-order valence-electron chi connectivity index (χ1n) is 9.97. The Morgan fingerprint density at radius 2 is 1.70 bits per heavy atom. The first kappa shape index (κ1) is 22.7. The fourth-order valence-electron chi connectivity index (χ4n) is 3.21. The molecule has 0 spiro atoms. The summed E-state index contributed by atoms with van der Waals surface area (Å²) >= 11 is 1.10. The lowest BCUT2D eigenvalue weighted by Gasteiger charge is -2.18. The zero-order valence-electron chi connectivity index (χ0n) is 17.5. The monoisotopic (exact) mass is 483 g/mol. The van der Waals surface area contributed by atoms with E-state index in [1.54, 1.807) is 12.1 Å². The second kappa shape index (κ2) is 9.18. The van der Waals surface area contributed by atoms with E-state index in [0.717, 1.165) is 22.5 Å². The summed E-state index contributed by atoms with van der Waals surface area (Å²) in [7, 11) is -3.96. The van der Waals surface area contributed by atoms with E-state index in [9.17, 15) is 23.4 Å². The molecule has 1 aromatic heterocycles. The third kappa shape index (κ3) is 5.30. The van der Waals surface area contributed by atoms with Gasteiger partial charge in [0.15, 0.2) is 16.6 Å². The van der Waals surface area contributed by atoms with Gasteiger partial charge in [-0.2, -0.15) is 4.72 Å². The number of aromatic nitrogens is 1. The number of benzene rings is 3. The summed E-state index contributed by atoms with van der Waals surface area (Å²) in [5, 5.41) is 22.2. The van der Waals surface area contributed by atoms with Gasteiger partial charge in [0.2, 0.25) is 15.9 Å². The van der Waals surface area contributed by atoms with Gasteiger partial charge in [0.25, 0.3) is 0 Å². The number of rotatable bonds is 7. The molecule has 0 bridgehead atoms. The van der Waals surface area contributed by atoms with Crippen molar-refractivity contribution in [3.05, 3.63) is 77.9 Å². The molecule has 170 valence electrons. The van der Waals surface area contributed by atoms with Crippen molar-refractivity contribution in [2.24, 2.45) is 0 Å². The van der Waals surface area contributed by atoms with Gasteiger partial charge in [-0.1, -0.05) is 59.4 Å². The van der Waals surface area contributed by atoms with Gasteiger partial charge in [-0.15, -0.1) is 0 Å². The van der Waals surface area contributed by atoms with Gasteiger partial charge in [-0.3, -0.25) is 4.79 Å². The highest BCUT2D eigenvalue weighted by atomic mass is 32.2. The van der Waals surface area contributed by atoms with Crippen LogP contribution in [0.2, 0.25) is 0 Å². The number of nitrogens with one attached hydrogen (secondary N) is 2. The molecule has 4 N–H and O–H groups in total. The fourth-order valence-corrected chi connectivity index (χ4v) is 5.29. The minimum absolute atomic E-state index is 0.0601. The number of carbonyl (C=O) groups is 1. The lowest BCUT2D eigenvalue weighted by Crippen LogP contribution is -2.45. The van der Waals surface area contributed by atoms with Crippen LogP contribution in [-0.2, 0) is 21.2 Å². The molecule has 0 aliphatic heterocycles. The number of nitrogens with zero attached hydrogens (tertiary/aromatic N) is 1. The van der Waals surface area contributed by atoms with Crippen LogP contribution in [0.15, 0.2) is 71.6 Å². The number of hydrogen-bond donors (Lipinski definition) is 4. The van der Waals surface area contributed by atoms with Crippen molar-refractivity contribution in [3.8, 4) is 11.5 Å². The molecular weight excluding hydrogens is 462 g/mol. The minimum Gasteiger partial charge on any atom is -0.504 e. The standard InChI is InChI=1S/C23H21N3O5S2/c1-14-7-9-16(10-8-14)33(30,31)26-18(11-15-5-3-2-4-6-15)22(29)25-23-24-17-12-19(27)20(28)13-21(17)32-23/h2-10,12-13,18,26-28H,11H2,1H3,(H,24,25,29)/t18-/m0/s1. The molecule has 0 unspecified atom stereocenters. The number of aromatic hydroxyl groups is 2. The maximum Gasteiger partial charge on any atom is 0.244 e. The number of aryl methyl sites for hydroxylation is 1. The van der Waals surface area contributed by atoms with Crippen molar-refractivity contribution < 1.29 is 23.4 Å². The second-order valence-electron chi connectivity index (χ2n) is 7.49. The van der Waals surface area contributed by atoms with Crippen LogP contribution >= 0.6 is 11.3 Å². The van der Waals surface area contributed by atoms with Crippen molar-refractivity contribution in [2.45, 2.75) is 24.3 Å². The maximum atomic E-state index is 13.1. The van der Waals surface area contributed by atoms with E-state index >= 15 is 0 Å². The molecule has 0 fully saturated rings. The lowest BCUT2D eigenvalue weighted by molar-refractivity contribution is -0.117. The third-order valence-corrected chi connectivity index (χ3v) is 7.36. The summed E-state index contributed by atoms with van der Waals surface area (Å²) < 4.78 is 29.0. The Morgan fingerprint density at radius 1 is 1.03 bits per heavy atom. The number of phenolic OH excluding ortho intramolecular Hbond substituents is 2. The zero-order chi connectivity index (χ0) is 23.6. The quantitative estimate of drug-likeness (QED) is 0.298. The largest absolute Gasteiger partial charge is 0.504 e. The molecule has 4 aromatic rings. The predicted molar refractivity (Wildman–Crippen MR) is 127 cm³/mol. The van der Waals surface area contributed by atoms with Gasteiger partial charge in [-0.05, 0) is 31.0 Å². The van der Waals surface area contributed by atoms with Gasteiger partial charge in [-0.25, -0.2) is 13.4 Å². The summed E-state index contributed by atoms with van der Waals surface area (Å²) in [6.45, 7) is 1.85. The number of amides is 1. The highest BCUT2D eigenvalue weighted by molar-refractivity contribution is 7.89. The van der Waals surface area contributed by atoms with Gasteiger partial charge in [0.1, 0.15) is 6.04 Å². The summed E-state index contributed by atoms with van der Waals surface area (Å²) in [6, 6.07) is 17.0. The topological polar surface area (TPSA) is 129 Å². The van der Waals surface area contributed by atoms with Crippen molar-refractivity contribution >= 4 is 42.6 Å². The molecule has 1 heterocycles. The Bertz CT molecular complexity index is 1360.